The molecule has 0 radical (unpaired) electrons. The van der Waals surface area contributed by atoms with E-state index in [0.717, 1.165) is 22.4 Å². The highest BCUT2D eigenvalue weighted by Gasteiger charge is 2.33. The molecule has 0 aromatic heterocycles. The maximum absolute atomic E-state index is 12.3. The molecule has 0 saturated heterocycles. The predicted octanol–water partition coefficient (Wildman–Crippen LogP) is 2.22. The lowest BCUT2D eigenvalue weighted by atomic mass is 9.98. The summed E-state index contributed by atoms with van der Waals surface area (Å²) < 4.78 is 5.69. The molecular formula is C17H23NO4. The molecule has 0 aliphatic carbocycles. The van der Waals surface area contributed by atoms with E-state index < -0.39 is 18.1 Å². The van der Waals surface area contributed by atoms with Crippen LogP contribution in [0.2, 0.25) is 0 Å². The number of benzene rings is 1. The fraction of sp³-hybridized carbons (Fsp3) is 0.529. The summed E-state index contributed by atoms with van der Waals surface area (Å²) in [5, 5.41) is 11.9. The molecule has 0 bridgehead atoms. The maximum atomic E-state index is 12.3. The quantitative estimate of drug-likeness (QED) is 0.874. The standard InChI is InChI=1S/C17H23NO4/c1-5-9(2)15(17(20)21)18-16(19)14-8-12-6-10(3)11(4)7-13(12)22-14/h6-7,9,14-15H,5,8H2,1-4H3,(H,18,19)(H,20,21)/t9-,14?,15-/m0/s1. The van der Waals surface area contributed by atoms with Crippen LogP contribution in [0.3, 0.4) is 0 Å². The number of amides is 1. The summed E-state index contributed by atoms with van der Waals surface area (Å²) in [5.74, 6) is -0.780. The van der Waals surface area contributed by atoms with E-state index in [2.05, 4.69) is 5.32 Å². The summed E-state index contributed by atoms with van der Waals surface area (Å²) in [6.07, 6.45) is 0.512. The second-order valence-electron chi connectivity index (χ2n) is 6.06. The summed E-state index contributed by atoms with van der Waals surface area (Å²) in [6.45, 7) is 7.73. The first-order chi connectivity index (χ1) is 10.3. The van der Waals surface area contributed by atoms with E-state index in [1.807, 2.05) is 39.8 Å². The lowest BCUT2D eigenvalue weighted by molar-refractivity contribution is -0.144. The minimum atomic E-state index is -1.01. The van der Waals surface area contributed by atoms with Crippen LogP contribution < -0.4 is 10.1 Å². The van der Waals surface area contributed by atoms with Crippen LogP contribution in [0, 0.1) is 19.8 Å². The Bertz CT molecular complexity index is 566. The van der Waals surface area contributed by atoms with Crippen LogP contribution in [0.5, 0.6) is 5.75 Å². The van der Waals surface area contributed by atoms with E-state index in [-0.39, 0.29) is 11.8 Å². The van der Waals surface area contributed by atoms with Gasteiger partial charge in [0.1, 0.15) is 11.8 Å². The monoisotopic (exact) mass is 305 g/mol. The Balaban J connectivity index is 2.08. The lowest BCUT2D eigenvalue weighted by Gasteiger charge is -2.21. The minimum Gasteiger partial charge on any atom is -0.480 e. The van der Waals surface area contributed by atoms with Crippen molar-refractivity contribution in [1.29, 1.82) is 0 Å². The van der Waals surface area contributed by atoms with Gasteiger partial charge in [0.15, 0.2) is 6.10 Å². The van der Waals surface area contributed by atoms with Gasteiger partial charge in [-0.15, -0.1) is 0 Å². The van der Waals surface area contributed by atoms with Crippen molar-refractivity contribution in [3.05, 3.63) is 28.8 Å². The molecule has 1 heterocycles. The smallest absolute Gasteiger partial charge is 0.326 e. The second kappa shape index (κ2) is 6.38. The van der Waals surface area contributed by atoms with Crippen molar-refractivity contribution >= 4 is 11.9 Å². The molecular weight excluding hydrogens is 282 g/mol. The first-order valence-electron chi connectivity index (χ1n) is 7.63. The Labute approximate surface area is 130 Å². The van der Waals surface area contributed by atoms with Crippen molar-refractivity contribution in [2.45, 2.75) is 52.7 Å². The van der Waals surface area contributed by atoms with Crippen molar-refractivity contribution in [3.8, 4) is 5.75 Å². The molecule has 1 aliphatic heterocycles. The van der Waals surface area contributed by atoms with Gasteiger partial charge in [0.25, 0.3) is 5.91 Å². The molecule has 5 nitrogen and oxygen atoms in total. The number of nitrogens with one attached hydrogen (secondary N) is 1. The van der Waals surface area contributed by atoms with Gasteiger partial charge in [-0.2, -0.15) is 0 Å². The average molecular weight is 305 g/mol. The van der Waals surface area contributed by atoms with Crippen LogP contribution in [0.15, 0.2) is 12.1 Å². The van der Waals surface area contributed by atoms with Crippen molar-refractivity contribution < 1.29 is 19.4 Å². The fourth-order valence-electron chi connectivity index (χ4n) is 2.59. The molecule has 1 aromatic rings. The summed E-state index contributed by atoms with van der Waals surface area (Å²) in [6, 6.07) is 3.08. The molecule has 22 heavy (non-hydrogen) atoms. The van der Waals surface area contributed by atoms with Crippen LogP contribution in [-0.4, -0.2) is 29.1 Å². The van der Waals surface area contributed by atoms with E-state index in [9.17, 15) is 14.7 Å². The molecule has 0 spiro atoms. The number of carboxylic acid groups (broad SMARTS) is 1. The second-order valence-corrected chi connectivity index (χ2v) is 6.06. The number of fused-ring (bicyclic) bond motifs is 1. The first-order valence-corrected chi connectivity index (χ1v) is 7.63. The van der Waals surface area contributed by atoms with E-state index in [1.54, 1.807) is 0 Å². The summed E-state index contributed by atoms with van der Waals surface area (Å²) in [5.41, 5.74) is 3.27. The molecule has 120 valence electrons. The van der Waals surface area contributed by atoms with Gasteiger partial charge in [0, 0.05) is 6.42 Å². The number of hydrogen-bond acceptors (Lipinski definition) is 3. The van der Waals surface area contributed by atoms with Gasteiger partial charge in [-0.05, 0) is 42.5 Å². The molecule has 2 rings (SSSR count). The number of carboxylic acids is 1. The molecule has 0 saturated carbocycles. The van der Waals surface area contributed by atoms with Crippen LogP contribution in [-0.2, 0) is 16.0 Å². The molecule has 3 atom stereocenters. The lowest BCUT2D eigenvalue weighted by Crippen LogP contribution is -2.49. The largest absolute Gasteiger partial charge is 0.480 e. The summed E-state index contributed by atoms with van der Waals surface area (Å²) >= 11 is 0. The Morgan fingerprint density at radius 3 is 2.59 bits per heavy atom. The molecule has 0 fully saturated rings. The zero-order chi connectivity index (χ0) is 16.4. The number of aliphatic carboxylic acids is 1. The molecule has 1 unspecified atom stereocenters. The Kier molecular flexibility index (Phi) is 4.74. The number of aryl methyl sites for hydroxylation is 2. The van der Waals surface area contributed by atoms with Crippen LogP contribution in [0.1, 0.15) is 37.0 Å². The van der Waals surface area contributed by atoms with Gasteiger partial charge in [-0.3, -0.25) is 4.79 Å². The third kappa shape index (κ3) is 3.24. The number of ether oxygens (including phenoxy) is 1. The third-order valence-electron chi connectivity index (χ3n) is 4.42. The average Bonchev–Trinajstić information content (AvgIpc) is 2.86. The zero-order valence-corrected chi connectivity index (χ0v) is 13.5. The van der Waals surface area contributed by atoms with E-state index >= 15 is 0 Å². The van der Waals surface area contributed by atoms with Crippen molar-refractivity contribution in [2.75, 3.05) is 0 Å². The highest BCUT2D eigenvalue weighted by molar-refractivity contribution is 5.87. The predicted molar refractivity (Wildman–Crippen MR) is 83.1 cm³/mol. The highest BCUT2D eigenvalue weighted by atomic mass is 16.5. The zero-order valence-electron chi connectivity index (χ0n) is 13.5. The van der Waals surface area contributed by atoms with E-state index in [4.69, 9.17) is 4.74 Å². The van der Waals surface area contributed by atoms with Gasteiger partial charge < -0.3 is 15.2 Å². The number of carbonyl (C=O) groups is 2. The molecule has 2 N–H and O–H groups in total. The van der Waals surface area contributed by atoms with E-state index in [1.165, 1.54) is 0 Å². The van der Waals surface area contributed by atoms with Gasteiger partial charge in [0.05, 0.1) is 0 Å². The van der Waals surface area contributed by atoms with Crippen molar-refractivity contribution in [3.63, 3.8) is 0 Å². The van der Waals surface area contributed by atoms with Gasteiger partial charge in [-0.25, -0.2) is 4.79 Å². The molecule has 1 amide bonds. The SMILES string of the molecule is CC[C@H](C)[C@H](NC(=O)C1Cc2cc(C)c(C)cc2O1)C(=O)O. The number of hydrogen-bond donors (Lipinski definition) is 2. The summed E-state index contributed by atoms with van der Waals surface area (Å²) in [7, 11) is 0. The van der Waals surface area contributed by atoms with Crippen molar-refractivity contribution in [2.24, 2.45) is 5.92 Å². The number of rotatable bonds is 5. The minimum absolute atomic E-state index is 0.130. The fourth-order valence-corrected chi connectivity index (χ4v) is 2.59. The molecule has 5 heteroatoms. The maximum Gasteiger partial charge on any atom is 0.326 e. The van der Waals surface area contributed by atoms with E-state index in [0.29, 0.717) is 12.8 Å². The van der Waals surface area contributed by atoms with Gasteiger partial charge in [0.2, 0.25) is 0 Å². The Morgan fingerprint density at radius 1 is 1.36 bits per heavy atom. The normalized spacial score (nSPS) is 19.0. The summed E-state index contributed by atoms with van der Waals surface area (Å²) in [4.78, 5) is 23.6. The van der Waals surface area contributed by atoms with Gasteiger partial charge in [-0.1, -0.05) is 26.3 Å². The number of carbonyl (C=O) groups excluding carboxylic acids is 1. The molecule has 1 aliphatic rings. The third-order valence-corrected chi connectivity index (χ3v) is 4.42. The van der Waals surface area contributed by atoms with Crippen LogP contribution in [0.4, 0.5) is 0 Å². The highest BCUT2D eigenvalue weighted by Crippen LogP contribution is 2.31. The Hall–Kier alpha value is -2.04. The van der Waals surface area contributed by atoms with Crippen LogP contribution >= 0.6 is 0 Å². The first kappa shape index (κ1) is 16.3. The van der Waals surface area contributed by atoms with Gasteiger partial charge >= 0.3 is 5.97 Å². The molecule has 1 aromatic carbocycles. The van der Waals surface area contributed by atoms with Crippen molar-refractivity contribution in [1.82, 2.24) is 5.32 Å². The van der Waals surface area contributed by atoms with Crippen LogP contribution in [0.25, 0.3) is 0 Å². The topological polar surface area (TPSA) is 75.6 Å². The Morgan fingerprint density at radius 2 is 2.00 bits per heavy atom.